The molecule has 1 atom stereocenters. The maximum Gasteiger partial charge on any atom is 0.320 e. The van der Waals surface area contributed by atoms with Crippen LogP contribution in [0.3, 0.4) is 0 Å². The van der Waals surface area contributed by atoms with E-state index >= 15 is 0 Å². The lowest BCUT2D eigenvalue weighted by atomic mass is 10.0. The van der Waals surface area contributed by atoms with Crippen molar-refractivity contribution >= 4 is 17.6 Å². The average molecular weight is 392 g/mol. The molecule has 0 aliphatic carbocycles. The Morgan fingerprint density at radius 3 is 2.44 bits per heavy atom. The molecule has 0 bridgehead atoms. The van der Waals surface area contributed by atoms with Crippen LogP contribution in [0.4, 0.5) is 0 Å². The molecule has 27 heavy (non-hydrogen) atoms. The number of aliphatic carboxylic acids is 1. The predicted octanol–water partition coefficient (Wildman–Crippen LogP) is 4.52. The summed E-state index contributed by atoms with van der Waals surface area (Å²) >= 11 is 6.43. The van der Waals surface area contributed by atoms with Gasteiger partial charge in [0.05, 0.1) is 11.6 Å². The summed E-state index contributed by atoms with van der Waals surface area (Å²) in [6.45, 7) is 6.84. The maximum absolute atomic E-state index is 11.3. The van der Waals surface area contributed by atoms with Gasteiger partial charge < -0.3 is 19.9 Å². The molecular weight excluding hydrogens is 366 g/mol. The van der Waals surface area contributed by atoms with Crippen molar-refractivity contribution in [3.05, 3.63) is 58.6 Å². The van der Waals surface area contributed by atoms with Crippen molar-refractivity contribution in [1.29, 1.82) is 0 Å². The van der Waals surface area contributed by atoms with E-state index in [1.807, 2.05) is 57.2 Å². The van der Waals surface area contributed by atoms with Crippen molar-refractivity contribution in [3.63, 3.8) is 0 Å². The summed E-state index contributed by atoms with van der Waals surface area (Å²) in [6, 6.07) is 12.8. The molecule has 0 saturated heterocycles. The maximum atomic E-state index is 11.3. The third-order valence-electron chi connectivity index (χ3n) is 4.05. The molecule has 2 rings (SSSR count). The minimum atomic E-state index is -0.871. The fourth-order valence-corrected chi connectivity index (χ4v) is 2.98. The zero-order chi connectivity index (χ0) is 19.8. The number of carbonyl (C=O) groups is 1. The first-order chi connectivity index (χ1) is 12.9. The van der Waals surface area contributed by atoms with Crippen molar-refractivity contribution in [2.45, 2.75) is 40.0 Å². The number of carboxylic acids is 1. The second-order valence-corrected chi connectivity index (χ2v) is 6.96. The summed E-state index contributed by atoms with van der Waals surface area (Å²) in [5, 5.41) is 12.8. The van der Waals surface area contributed by atoms with Crippen LogP contribution in [0.15, 0.2) is 42.5 Å². The summed E-state index contributed by atoms with van der Waals surface area (Å²) < 4.78 is 11.6. The second kappa shape index (κ2) is 10.2. The number of hydrogen-bond donors (Lipinski definition) is 2. The molecule has 2 aromatic rings. The molecule has 1 unspecified atom stereocenters. The molecule has 0 aromatic heterocycles. The summed E-state index contributed by atoms with van der Waals surface area (Å²) in [5.74, 6) is 0.140. The van der Waals surface area contributed by atoms with Gasteiger partial charge in [0.15, 0.2) is 11.5 Å². The average Bonchev–Trinajstić information content (AvgIpc) is 2.61. The first-order valence-corrected chi connectivity index (χ1v) is 9.38. The minimum absolute atomic E-state index is 0.0298. The smallest absolute Gasteiger partial charge is 0.320 e. The molecule has 0 fully saturated rings. The Hall–Kier alpha value is -2.24. The van der Waals surface area contributed by atoms with Crippen LogP contribution in [0.5, 0.6) is 11.5 Å². The van der Waals surface area contributed by atoms with Gasteiger partial charge >= 0.3 is 5.97 Å². The van der Waals surface area contributed by atoms with Gasteiger partial charge in [-0.3, -0.25) is 4.79 Å². The third-order valence-corrected chi connectivity index (χ3v) is 4.33. The Bertz CT molecular complexity index is 749. The van der Waals surface area contributed by atoms with Crippen LogP contribution in [0.1, 0.15) is 31.9 Å². The topological polar surface area (TPSA) is 67.8 Å². The number of benzene rings is 2. The lowest BCUT2D eigenvalue weighted by Gasteiger charge is -2.19. The van der Waals surface area contributed by atoms with Gasteiger partial charge in [0, 0.05) is 6.54 Å². The van der Waals surface area contributed by atoms with Crippen LogP contribution in [0, 0.1) is 5.92 Å². The zero-order valence-electron chi connectivity index (χ0n) is 15.9. The number of halogens is 1. The molecule has 2 N–H and O–H groups in total. The molecular formula is C21H26ClNO4. The van der Waals surface area contributed by atoms with Crippen LogP contribution in [-0.2, 0) is 17.9 Å². The van der Waals surface area contributed by atoms with Crippen LogP contribution >= 0.6 is 11.6 Å². The quantitative estimate of drug-likeness (QED) is 0.623. The Balaban J connectivity index is 2.15. The Morgan fingerprint density at radius 1 is 1.15 bits per heavy atom. The summed E-state index contributed by atoms with van der Waals surface area (Å²) in [4.78, 5) is 11.3. The Morgan fingerprint density at radius 2 is 1.85 bits per heavy atom. The molecule has 0 amide bonds. The van der Waals surface area contributed by atoms with E-state index in [1.165, 1.54) is 0 Å². The number of carboxylic acid groups (broad SMARTS) is 1. The number of ether oxygens (including phenoxy) is 2. The van der Waals surface area contributed by atoms with Gasteiger partial charge in [-0.15, -0.1) is 0 Å². The van der Waals surface area contributed by atoms with E-state index in [2.05, 4.69) is 5.32 Å². The molecule has 0 spiro atoms. The van der Waals surface area contributed by atoms with E-state index in [0.29, 0.717) is 36.3 Å². The molecule has 0 aliphatic rings. The van der Waals surface area contributed by atoms with Gasteiger partial charge in [-0.05, 0) is 36.1 Å². The fraction of sp³-hybridized carbons (Fsp3) is 0.381. The molecule has 2 aromatic carbocycles. The highest BCUT2D eigenvalue weighted by molar-refractivity contribution is 6.32. The van der Waals surface area contributed by atoms with Crippen LogP contribution < -0.4 is 14.8 Å². The largest absolute Gasteiger partial charge is 0.490 e. The van der Waals surface area contributed by atoms with Crippen molar-refractivity contribution in [2.75, 3.05) is 6.61 Å². The van der Waals surface area contributed by atoms with Crippen LogP contribution in [0.25, 0.3) is 0 Å². The van der Waals surface area contributed by atoms with E-state index in [-0.39, 0.29) is 5.92 Å². The predicted molar refractivity (Wildman–Crippen MR) is 106 cm³/mol. The van der Waals surface area contributed by atoms with Gasteiger partial charge in [0.1, 0.15) is 12.6 Å². The first-order valence-electron chi connectivity index (χ1n) is 9.00. The van der Waals surface area contributed by atoms with Crippen molar-refractivity contribution in [3.8, 4) is 11.5 Å². The second-order valence-electron chi connectivity index (χ2n) is 6.55. The van der Waals surface area contributed by atoms with Gasteiger partial charge in [-0.1, -0.05) is 55.8 Å². The summed E-state index contributed by atoms with van der Waals surface area (Å²) in [6.07, 6.45) is 0. The zero-order valence-corrected chi connectivity index (χ0v) is 16.6. The van der Waals surface area contributed by atoms with Gasteiger partial charge in [-0.2, -0.15) is 0 Å². The van der Waals surface area contributed by atoms with Gasteiger partial charge in [-0.25, -0.2) is 0 Å². The van der Waals surface area contributed by atoms with Crippen molar-refractivity contribution in [2.24, 2.45) is 5.92 Å². The molecule has 0 saturated carbocycles. The highest BCUT2D eigenvalue weighted by Crippen LogP contribution is 2.37. The summed E-state index contributed by atoms with van der Waals surface area (Å²) in [7, 11) is 0. The van der Waals surface area contributed by atoms with E-state index in [1.54, 1.807) is 6.07 Å². The van der Waals surface area contributed by atoms with E-state index in [4.69, 9.17) is 21.1 Å². The third kappa shape index (κ3) is 6.15. The molecule has 146 valence electrons. The molecule has 6 heteroatoms. The van der Waals surface area contributed by atoms with Gasteiger partial charge in [0.25, 0.3) is 0 Å². The molecule has 0 heterocycles. The van der Waals surface area contributed by atoms with Gasteiger partial charge in [0.2, 0.25) is 0 Å². The highest BCUT2D eigenvalue weighted by atomic mass is 35.5. The van der Waals surface area contributed by atoms with Crippen LogP contribution in [0.2, 0.25) is 5.02 Å². The number of hydrogen-bond acceptors (Lipinski definition) is 4. The molecule has 0 aliphatic heterocycles. The minimum Gasteiger partial charge on any atom is -0.490 e. The standard InChI is InChI=1S/C21H26ClNO4/c1-4-26-18-11-16(12-23-19(14(2)3)21(24)25)10-17(22)20(18)27-13-15-8-6-5-7-9-15/h5-11,14,19,23H,4,12-13H2,1-3H3,(H,24,25). The molecule has 0 radical (unpaired) electrons. The van der Waals surface area contributed by atoms with Crippen LogP contribution in [-0.4, -0.2) is 23.7 Å². The highest BCUT2D eigenvalue weighted by Gasteiger charge is 2.21. The summed E-state index contributed by atoms with van der Waals surface area (Å²) in [5.41, 5.74) is 1.87. The first kappa shape index (κ1) is 21.1. The van der Waals surface area contributed by atoms with Crippen molar-refractivity contribution in [1.82, 2.24) is 5.32 Å². The van der Waals surface area contributed by atoms with E-state index < -0.39 is 12.0 Å². The lowest BCUT2D eigenvalue weighted by molar-refractivity contribution is -0.140. The van der Waals surface area contributed by atoms with E-state index in [9.17, 15) is 9.90 Å². The fourth-order valence-electron chi connectivity index (χ4n) is 2.69. The Kier molecular flexibility index (Phi) is 7.95. The number of rotatable bonds is 10. The SMILES string of the molecule is CCOc1cc(CNC(C(=O)O)C(C)C)cc(Cl)c1OCc1ccccc1. The Labute approximate surface area is 165 Å². The lowest BCUT2D eigenvalue weighted by Crippen LogP contribution is -2.40. The number of nitrogens with one attached hydrogen (secondary N) is 1. The van der Waals surface area contributed by atoms with Crippen molar-refractivity contribution < 1.29 is 19.4 Å². The molecule has 5 nitrogen and oxygen atoms in total. The normalized spacial score (nSPS) is 12.0. The van der Waals surface area contributed by atoms with E-state index in [0.717, 1.165) is 11.1 Å². The monoisotopic (exact) mass is 391 g/mol.